The molecule has 4 nitrogen and oxygen atoms in total. The van der Waals surface area contributed by atoms with Crippen LogP contribution in [-0.4, -0.2) is 29.1 Å². The molecule has 0 saturated carbocycles. The molecule has 1 unspecified atom stereocenters. The molecule has 0 aromatic heterocycles. The predicted octanol–water partition coefficient (Wildman–Crippen LogP) is 2.04. The van der Waals surface area contributed by atoms with Crippen molar-refractivity contribution in [2.75, 3.05) is 0 Å². The van der Waals surface area contributed by atoms with Crippen LogP contribution in [0.3, 0.4) is 0 Å². The lowest BCUT2D eigenvalue weighted by Crippen LogP contribution is -2.30. The summed E-state index contributed by atoms with van der Waals surface area (Å²) in [4.78, 5) is 23.4. The number of rotatable bonds is 6. The van der Waals surface area contributed by atoms with Crippen LogP contribution in [0, 0.1) is 0 Å². The maximum absolute atomic E-state index is 13.6. The fourth-order valence-electron chi connectivity index (χ4n) is 1.50. The molecular formula is C12H11F2NO3. The zero-order valence-electron chi connectivity index (χ0n) is 9.35. The number of aliphatic imine (C=N–C) groups is 1. The molecule has 0 aliphatic rings. The van der Waals surface area contributed by atoms with Gasteiger partial charge in [0.1, 0.15) is 0 Å². The summed E-state index contributed by atoms with van der Waals surface area (Å²) in [5.74, 6) is -4.81. The first kappa shape index (κ1) is 14.0. The average molecular weight is 255 g/mol. The van der Waals surface area contributed by atoms with Crippen molar-refractivity contribution in [3.63, 3.8) is 0 Å². The summed E-state index contributed by atoms with van der Waals surface area (Å²) in [7, 11) is 0. The van der Waals surface area contributed by atoms with Gasteiger partial charge in [-0.1, -0.05) is 30.3 Å². The number of carbonyl (C=O) groups excluding carboxylic acids is 1. The summed E-state index contributed by atoms with van der Waals surface area (Å²) in [6, 6.07) is 6.20. The molecule has 0 spiro atoms. The van der Waals surface area contributed by atoms with E-state index in [-0.39, 0.29) is 0 Å². The Labute approximate surface area is 102 Å². The molecule has 0 bridgehead atoms. The van der Waals surface area contributed by atoms with Crippen LogP contribution in [0.1, 0.15) is 12.0 Å². The van der Waals surface area contributed by atoms with E-state index in [0.717, 1.165) is 6.08 Å². The third-order valence-electron chi connectivity index (χ3n) is 2.29. The van der Waals surface area contributed by atoms with E-state index in [1.807, 2.05) is 0 Å². The van der Waals surface area contributed by atoms with Gasteiger partial charge in [0, 0.05) is 12.8 Å². The van der Waals surface area contributed by atoms with E-state index in [1.54, 1.807) is 18.2 Å². The van der Waals surface area contributed by atoms with Crippen molar-refractivity contribution >= 4 is 12.0 Å². The molecule has 1 atom stereocenters. The Hall–Kier alpha value is -2.07. The molecule has 18 heavy (non-hydrogen) atoms. The molecule has 0 fully saturated rings. The van der Waals surface area contributed by atoms with Crippen molar-refractivity contribution in [1.29, 1.82) is 0 Å². The van der Waals surface area contributed by atoms with E-state index in [1.165, 1.54) is 12.1 Å². The van der Waals surface area contributed by atoms with Gasteiger partial charge in [-0.25, -0.2) is 18.4 Å². The van der Waals surface area contributed by atoms with Gasteiger partial charge in [0.15, 0.2) is 6.04 Å². The maximum Gasteiger partial charge on any atom is 0.329 e. The van der Waals surface area contributed by atoms with Crippen molar-refractivity contribution in [1.82, 2.24) is 0 Å². The topological polar surface area (TPSA) is 66.7 Å². The molecule has 0 radical (unpaired) electrons. The second-order valence-corrected chi connectivity index (χ2v) is 3.80. The highest BCUT2D eigenvalue weighted by atomic mass is 19.3. The highest BCUT2D eigenvalue weighted by Crippen LogP contribution is 2.26. The van der Waals surface area contributed by atoms with Crippen LogP contribution in [0.4, 0.5) is 8.78 Å². The van der Waals surface area contributed by atoms with E-state index in [4.69, 9.17) is 5.11 Å². The number of hydrogen-bond acceptors (Lipinski definition) is 3. The Morgan fingerprint density at radius 3 is 2.50 bits per heavy atom. The Morgan fingerprint density at radius 2 is 2.00 bits per heavy atom. The molecule has 0 aliphatic heterocycles. The second kappa shape index (κ2) is 6.02. The van der Waals surface area contributed by atoms with E-state index >= 15 is 0 Å². The largest absolute Gasteiger partial charge is 0.480 e. The highest BCUT2D eigenvalue weighted by Gasteiger charge is 2.35. The predicted molar refractivity (Wildman–Crippen MR) is 59.3 cm³/mol. The molecule has 0 heterocycles. The van der Waals surface area contributed by atoms with Gasteiger partial charge in [0.25, 0.3) is 5.92 Å². The first-order chi connectivity index (χ1) is 8.44. The SMILES string of the molecule is O=C=NC(CC(F)(F)Cc1ccccc1)C(=O)O. The van der Waals surface area contributed by atoms with Gasteiger partial charge in [0.05, 0.1) is 0 Å². The summed E-state index contributed by atoms with van der Waals surface area (Å²) >= 11 is 0. The Kier molecular flexibility index (Phi) is 4.68. The van der Waals surface area contributed by atoms with Gasteiger partial charge >= 0.3 is 5.97 Å². The summed E-state index contributed by atoms with van der Waals surface area (Å²) < 4.78 is 27.2. The lowest BCUT2D eigenvalue weighted by Gasteiger charge is -2.17. The normalized spacial score (nSPS) is 12.6. The summed E-state index contributed by atoms with van der Waals surface area (Å²) in [6.45, 7) is 0. The molecule has 1 aromatic rings. The third-order valence-corrected chi connectivity index (χ3v) is 2.29. The van der Waals surface area contributed by atoms with Crippen molar-refractivity contribution in [3.05, 3.63) is 35.9 Å². The van der Waals surface area contributed by atoms with Crippen LogP contribution in [0.5, 0.6) is 0 Å². The number of carboxylic acids is 1. The van der Waals surface area contributed by atoms with E-state index < -0.39 is 30.8 Å². The Balaban J connectivity index is 2.74. The third kappa shape index (κ3) is 4.43. The number of carbonyl (C=O) groups is 1. The van der Waals surface area contributed by atoms with Crippen LogP contribution in [0.15, 0.2) is 35.3 Å². The molecule has 96 valence electrons. The molecule has 6 heteroatoms. The summed E-state index contributed by atoms with van der Waals surface area (Å²) in [6.07, 6.45) is -0.616. The number of nitrogens with zero attached hydrogens (tertiary/aromatic N) is 1. The van der Waals surface area contributed by atoms with Crippen LogP contribution in [-0.2, 0) is 16.0 Å². The molecular weight excluding hydrogens is 244 g/mol. The standard InChI is InChI=1S/C12H11F2NO3/c13-12(14,6-9-4-2-1-3-5-9)7-10(11(17)18)15-8-16/h1-5,10H,6-7H2,(H,17,18). The van der Waals surface area contributed by atoms with Gasteiger partial charge in [-0.05, 0) is 5.56 Å². The van der Waals surface area contributed by atoms with Crippen LogP contribution >= 0.6 is 0 Å². The maximum atomic E-state index is 13.6. The number of hydrogen-bond donors (Lipinski definition) is 1. The minimum Gasteiger partial charge on any atom is -0.480 e. The zero-order valence-corrected chi connectivity index (χ0v) is 9.35. The van der Waals surface area contributed by atoms with Crippen LogP contribution in [0.2, 0.25) is 0 Å². The minimum absolute atomic E-state index is 0.390. The molecule has 0 amide bonds. The number of isocyanates is 1. The summed E-state index contributed by atoms with van der Waals surface area (Å²) in [5.41, 5.74) is 0.390. The van der Waals surface area contributed by atoms with E-state index in [9.17, 15) is 18.4 Å². The Morgan fingerprint density at radius 1 is 1.39 bits per heavy atom. The van der Waals surface area contributed by atoms with Gasteiger partial charge in [-0.15, -0.1) is 0 Å². The minimum atomic E-state index is -3.25. The smallest absolute Gasteiger partial charge is 0.329 e. The van der Waals surface area contributed by atoms with Gasteiger partial charge < -0.3 is 5.11 Å². The highest BCUT2D eigenvalue weighted by molar-refractivity contribution is 5.74. The lowest BCUT2D eigenvalue weighted by molar-refractivity contribution is -0.141. The van der Waals surface area contributed by atoms with Gasteiger partial charge in [0.2, 0.25) is 6.08 Å². The lowest BCUT2D eigenvalue weighted by atomic mass is 10.0. The molecule has 0 saturated heterocycles. The number of alkyl halides is 2. The second-order valence-electron chi connectivity index (χ2n) is 3.80. The van der Waals surface area contributed by atoms with Gasteiger partial charge in [-0.3, -0.25) is 0 Å². The quantitative estimate of drug-likeness (QED) is 0.624. The number of aliphatic carboxylic acids is 1. The number of halogens is 2. The van der Waals surface area contributed by atoms with Crippen molar-refractivity contribution < 1.29 is 23.5 Å². The molecule has 0 aliphatic carbocycles. The average Bonchev–Trinajstić information content (AvgIpc) is 2.28. The van der Waals surface area contributed by atoms with Gasteiger partial charge in [-0.2, -0.15) is 4.99 Å². The first-order valence-corrected chi connectivity index (χ1v) is 5.16. The molecule has 1 N–H and O–H groups in total. The number of carboxylic acid groups (broad SMARTS) is 1. The fraction of sp³-hybridized carbons (Fsp3) is 0.333. The first-order valence-electron chi connectivity index (χ1n) is 5.16. The Bertz CT molecular complexity index is 454. The zero-order chi connectivity index (χ0) is 13.6. The van der Waals surface area contributed by atoms with Crippen LogP contribution < -0.4 is 0 Å². The number of benzene rings is 1. The summed E-state index contributed by atoms with van der Waals surface area (Å²) in [5, 5.41) is 8.63. The van der Waals surface area contributed by atoms with Crippen molar-refractivity contribution in [2.45, 2.75) is 24.8 Å². The van der Waals surface area contributed by atoms with E-state index in [0.29, 0.717) is 5.56 Å². The van der Waals surface area contributed by atoms with Crippen LogP contribution in [0.25, 0.3) is 0 Å². The molecule has 1 aromatic carbocycles. The monoisotopic (exact) mass is 255 g/mol. The van der Waals surface area contributed by atoms with Crippen molar-refractivity contribution in [3.8, 4) is 0 Å². The molecule has 1 rings (SSSR count). The van der Waals surface area contributed by atoms with E-state index in [2.05, 4.69) is 4.99 Å². The van der Waals surface area contributed by atoms with Crippen molar-refractivity contribution in [2.24, 2.45) is 4.99 Å². The fourth-order valence-corrected chi connectivity index (χ4v) is 1.50.